The van der Waals surface area contributed by atoms with E-state index in [4.69, 9.17) is 0 Å². The Morgan fingerprint density at radius 3 is 3.08 bits per heavy atom. The van der Waals surface area contributed by atoms with Crippen LogP contribution in [0, 0.1) is 6.92 Å². The molecular formula is C9H11N3. The number of rotatable bonds is 1. The van der Waals surface area contributed by atoms with Crippen LogP contribution >= 0.6 is 0 Å². The normalized spacial score (nSPS) is 10.8. The summed E-state index contributed by atoms with van der Waals surface area (Å²) in [6.07, 6.45) is 3.44. The van der Waals surface area contributed by atoms with Gasteiger partial charge in [0.25, 0.3) is 0 Å². The van der Waals surface area contributed by atoms with Crippen LogP contribution in [0.4, 0.5) is 0 Å². The van der Waals surface area contributed by atoms with Crippen molar-refractivity contribution in [2.75, 3.05) is 0 Å². The third-order valence-corrected chi connectivity index (χ3v) is 2.08. The molecule has 0 atom stereocenters. The van der Waals surface area contributed by atoms with E-state index < -0.39 is 0 Å². The van der Waals surface area contributed by atoms with Crippen LogP contribution in [-0.4, -0.2) is 14.5 Å². The van der Waals surface area contributed by atoms with Crippen molar-refractivity contribution in [2.45, 2.75) is 20.4 Å². The molecule has 0 aliphatic heterocycles. The van der Waals surface area contributed by atoms with Crippen LogP contribution < -0.4 is 0 Å². The zero-order valence-electron chi connectivity index (χ0n) is 7.28. The molecule has 3 nitrogen and oxygen atoms in total. The van der Waals surface area contributed by atoms with E-state index in [-0.39, 0.29) is 0 Å². The summed E-state index contributed by atoms with van der Waals surface area (Å²) in [7, 11) is 0. The lowest BCUT2D eigenvalue weighted by atomic mass is 10.4. The highest BCUT2D eigenvalue weighted by Crippen LogP contribution is 2.14. The van der Waals surface area contributed by atoms with Crippen LogP contribution in [0.25, 0.3) is 11.0 Å². The lowest BCUT2D eigenvalue weighted by molar-refractivity contribution is 0.760. The lowest BCUT2D eigenvalue weighted by Gasteiger charge is -2.00. The molecule has 2 rings (SSSR count). The molecule has 0 fully saturated rings. The molecule has 12 heavy (non-hydrogen) atoms. The summed E-state index contributed by atoms with van der Waals surface area (Å²) in [5, 5.41) is 1.12. The summed E-state index contributed by atoms with van der Waals surface area (Å²) >= 11 is 0. The summed E-state index contributed by atoms with van der Waals surface area (Å²) in [6, 6.07) is 2.11. The quantitative estimate of drug-likeness (QED) is 0.638. The first-order valence-electron chi connectivity index (χ1n) is 4.08. The van der Waals surface area contributed by atoms with Crippen LogP contribution in [0.5, 0.6) is 0 Å². The van der Waals surface area contributed by atoms with Gasteiger partial charge in [-0.1, -0.05) is 0 Å². The molecule has 0 spiro atoms. The molecule has 0 unspecified atom stereocenters. The van der Waals surface area contributed by atoms with Gasteiger partial charge in [0.15, 0.2) is 0 Å². The predicted octanol–water partition coefficient (Wildman–Crippen LogP) is 1.76. The molecule has 0 aromatic carbocycles. The van der Waals surface area contributed by atoms with Gasteiger partial charge in [-0.2, -0.15) is 0 Å². The molecule has 0 N–H and O–H groups in total. The van der Waals surface area contributed by atoms with Crippen molar-refractivity contribution in [2.24, 2.45) is 0 Å². The standard InChI is InChI=1S/C9H11N3/c1-3-12-7(2)4-8-5-10-6-11-9(8)12/h4-6H,3H2,1-2H3. The minimum atomic E-state index is 0.965. The molecule has 2 aromatic heterocycles. The second-order valence-electron chi connectivity index (χ2n) is 2.83. The van der Waals surface area contributed by atoms with Gasteiger partial charge in [0, 0.05) is 23.8 Å². The number of nitrogens with zero attached hydrogens (tertiary/aromatic N) is 3. The van der Waals surface area contributed by atoms with Crippen LogP contribution in [0.1, 0.15) is 12.6 Å². The number of aromatic nitrogens is 3. The van der Waals surface area contributed by atoms with Crippen molar-refractivity contribution >= 4 is 11.0 Å². The van der Waals surface area contributed by atoms with Crippen LogP contribution in [0.2, 0.25) is 0 Å². The van der Waals surface area contributed by atoms with Gasteiger partial charge in [0.2, 0.25) is 0 Å². The van der Waals surface area contributed by atoms with Gasteiger partial charge in [0.1, 0.15) is 12.0 Å². The predicted molar refractivity (Wildman–Crippen MR) is 47.9 cm³/mol. The zero-order valence-corrected chi connectivity index (χ0v) is 7.28. The van der Waals surface area contributed by atoms with E-state index >= 15 is 0 Å². The fraction of sp³-hybridized carbons (Fsp3) is 0.333. The molecule has 0 aliphatic carbocycles. The van der Waals surface area contributed by atoms with Gasteiger partial charge >= 0.3 is 0 Å². The molecule has 62 valence electrons. The van der Waals surface area contributed by atoms with E-state index in [9.17, 15) is 0 Å². The largest absolute Gasteiger partial charge is 0.330 e. The Bertz CT molecular complexity index is 403. The Hall–Kier alpha value is -1.38. The number of hydrogen-bond donors (Lipinski definition) is 0. The summed E-state index contributed by atoms with van der Waals surface area (Å²) in [5.74, 6) is 0. The Kier molecular flexibility index (Phi) is 1.57. The van der Waals surface area contributed by atoms with Gasteiger partial charge < -0.3 is 4.57 Å². The maximum atomic E-state index is 4.22. The highest BCUT2D eigenvalue weighted by molar-refractivity contribution is 5.76. The Balaban J connectivity index is 2.81. The first kappa shape index (κ1) is 7.28. The van der Waals surface area contributed by atoms with Gasteiger partial charge in [-0.3, -0.25) is 0 Å². The van der Waals surface area contributed by atoms with Gasteiger partial charge in [-0.05, 0) is 19.9 Å². The van der Waals surface area contributed by atoms with Crippen LogP contribution in [-0.2, 0) is 6.54 Å². The fourth-order valence-corrected chi connectivity index (χ4v) is 1.53. The summed E-state index contributed by atoms with van der Waals surface area (Å²) in [6.45, 7) is 5.17. The Morgan fingerprint density at radius 1 is 1.50 bits per heavy atom. The van der Waals surface area contributed by atoms with Crippen molar-refractivity contribution in [1.29, 1.82) is 0 Å². The third-order valence-electron chi connectivity index (χ3n) is 2.08. The number of hydrogen-bond acceptors (Lipinski definition) is 2. The molecule has 0 aliphatic rings. The monoisotopic (exact) mass is 161 g/mol. The molecule has 3 heteroatoms. The van der Waals surface area contributed by atoms with E-state index in [0.29, 0.717) is 0 Å². The number of aryl methyl sites for hydroxylation is 2. The third kappa shape index (κ3) is 0.897. The Labute approximate surface area is 71.1 Å². The van der Waals surface area contributed by atoms with Gasteiger partial charge in [-0.25, -0.2) is 9.97 Å². The van der Waals surface area contributed by atoms with Crippen molar-refractivity contribution in [3.05, 3.63) is 24.3 Å². The highest BCUT2D eigenvalue weighted by atomic mass is 15.0. The molecule has 0 amide bonds. The van der Waals surface area contributed by atoms with Crippen molar-refractivity contribution in [3.63, 3.8) is 0 Å². The molecule has 0 saturated heterocycles. The van der Waals surface area contributed by atoms with E-state index in [0.717, 1.165) is 17.6 Å². The maximum absolute atomic E-state index is 4.22. The van der Waals surface area contributed by atoms with Crippen molar-refractivity contribution < 1.29 is 0 Å². The zero-order chi connectivity index (χ0) is 8.55. The van der Waals surface area contributed by atoms with Crippen molar-refractivity contribution in [3.8, 4) is 0 Å². The van der Waals surface area contributed by atoms with E-state index in [1.807, 2.05) is 6.20 Å². The maximum Gasteiger partial charge on any atom is 0.143 e. The second kappa shape index (κ2) is 2.59. The number of fused-ring (bicyclic) bond motifs is 1. The molecular weight excluding hydrogens is 150 g/mol. The molecule has 2 aromatic rings. The first-order valence-corrected chi connectivity index (χ1v) is 4.08. The summed E-state index contributed by atoms with van der Waals surface area (Å²) < 4.78 is 2.18. The average molecular weight is 161 g/mol. The van der Waals surface area contributed by atoms with Crippen LogP contribution in [0.3, 0.4) is 0 Å². The minimum absolute atomic E-state index is 0.965. The van der Waals surface area contributed by atoms with Gasteiger partial charge in [0.05, 0.1) is 0 Å². The topological polar surface area (TPSA) is 30.7 Å². The van der Waals surface area contributed by atoms with Crippen molar-refractivity contribution in [1.82, 2.24) is 14.5 Å². The smallest absolute Gasteiger partial charge is 0.143 e. The SMILES string of the molecule is CCn1c(C)cc2cncnc21. The van der Waals surface area contributed by atoms with Gasteiger partial charge in [-0.15, -0.1) is 0 Å². The molecule has 0 saturated carbocycles. The van der Waals surface area contributed by atoms with E-state index in [1.165, 1.54) is 5.69 Å². The molecule has 0 radical (unpaired) electrons. The van der Waals surface area contributed by atoms with Crippen LogP contribution in [0.15, 0.2) is 18.6 Å². The minimum Gasteiger partial charge on any atom is -0.330 e. The highest BCUT2D eigenvalue weighted by Gasteiger charge is 2.03. The Morgan fingerprint density at radius 2 is 2.33 bits per heavy atom. The first-order chi connectivity index (χ1) is 5.83. The summed E-state index contributed by atoms with van der Waals surface area (Å²) in [5.41, 5.74) is 2.28. The van der Waals surface area contributed by atoms with E-state index in [1.54, 1.807) is 6.33 Å². The molecule has 0 bridgehead atoms. The lowest BCUT2D eigenvalue weighted by Crippen LogP contribution is -1.97. The van der Waals surface area contributed by atoms with E-state index in [2.05, 4.69) is 34.4 Å². The fourth-order valence-electron chi connectivity index (χ4n) is 1.53. The summed E-state index contributed by atoms with van der Waals surface area (Å²) in [4.78, 5) is 8.20. The second-order valence-corrected chi connectivity index (χ2v) is 2.83. The molecule has 2 heterocycles. The average Bonchev–Trinajstić information content (AvgIpc) is 2.40.